The molecule has 0 aliphatic rings. The molecule has 0 saturated carbocycles. The van der Waals surface area contributed by atoms with E-state index in [4.69, 9.17) is 8.92 Å². The fourth-order valence-corrected chi connectivity index (χ4v) is 3.05. The van der Waals surface area contributed by atoms with Crippen molar-refractivity contribution in [1.29, 1.82) is 0 Å². The van der Waals surface area contributed by atoms with Crippen molar-refractivity contribution < 1.29 is 26.9 Å². The Bertz CT molecular complexity index is 712. The lowest BCUT2D eigenvalue weighted by Crippen LogP contribution is -2.50. The highest BCUT2D eigenvalue weighted by atomic mass is 32.2. The molecule has 0 aliphatic heterocycles. The summed E-state index contributed by atoms with van der Waals surface area (Å²) in [4.78, 5) is 24.5. The molecule has 0 aliphatic carbocycles. The maximum Gasteiger partial charge on any atom is 0.348 e. The van der Waals surface area contributed by atoms with Crippen LogP contribution in [0.25, 0.3) is 0 Å². The molecule has 1 aromatic carbocycles. The number of carbonyl (C=O) groups excluding carboxylic acids is 2. The molecule has 0 fully saturated rings. The molecule has 0 aromatic heterocycles. The van der Waals surface area contributed by atoms with Crippen LogP contribution in [-0.4, -0.2) is 31.4 Å². The van der Waals surface area contributed by atoms with Gasteiger partial charge in [-0.2, -0.15) is 8.42 Å². The monoisotopic (exact) mass is 356 g/mol. The van der Waals surface area contributed by atoms with E-state index in [-0.39, 0.29) is 11.3 Å². The predicted octanol–water partition coefficient (Wildman–Crippen LogP) is 2.78. The molecule has 0 spiro atoms. The summed E-state index contributed by atoms with van der Waals surface area (Å²) < 4.78 is 35.2. The number of Topliss-reactive ketones (excluding diaryl/α,β-unsaturated/α-hetero) is 1. The molecule has 24 heavy (non-hydrogen) atoms. The van der Waals surface area contributed by atoms with Crippen LogP contribution < -0.4 is 0 Å². The Balaban J connectivity index is 3.25. The molecule has 1 rings (SSSR count). The molecule has 0 heterocycles. The van der Waals surface area contributed by atoms with Crippen molar-refractivity contribution in [1.82, 2.24) is 0 Å². The van der Waals surface area contributed by atoms with Crippen LogP contribution in [-0.2, 0) is 28.6 Å². The highest BCUT2D eigenvalue weighted by molar-refractivity contribution is 7.86. The number of ether oxygens (including phenoxy) is 1. The minimum absolute atomic E-state index is 0.0703. The van der Waals surface area contributed by atoms with Gasteiger partial charge >= 0.3 is 5.97 Å². The Morgan fingerprint density at radius 1 is 1.04 bits per heavy atom. The largest absolute Gasteiger partial charge is 0.457 e. The van der Waals surface area contributed by atoms with Crippen LogP contribution in [0.3, 0.4) is 0 Å². The van der Waals surface area contributed by atoms with E-state index in [2.05, 4.69) is 0 Å². The summed E-state index contributed by atoms with van der Waals surface area (Å²) in [6.07, 6.45) is -0.0703. The van der Waals surface area contributed by atoms with Crippen molar-refractivity contribution in [2.45, 2.75) is 64.1 Å². The Morgan fingerprint density at radius 3 is 1.96 bits per heavy atom. The summed E-state index contributed by atoms with van der Waals surface area (Å²) in [5.41, 5.74) is -2.25. The van der Waals surface area contributed by atoms with Gasteiger partial charge in [-0.25, -0.2) is 8.98 Å². The van der Waals surface area contributed by atoms with Gasteiger partial charge in [0.15, 0.2) is 5.78 Å². The quantitative estimate of drug-likeness (QED) is 0.442. The molecule has 1 atom stereocenters. The number of benzene rings is 1. The molecule has 7 heteroatoms. The summed E-state index contributed by atoms with van der Waals surface area (Å²) in [6.45, 7) is 9.32. The van der Waals surface area contributed by atoms with E-state index in [1.54, 1.807) is 32.9 Å². The number of aryl methyl sites for hydroxylation is 1. The zero-order valence-corrected chi connectivity index (χ0v) is 15.7. The van der Waals surface area contributed by atoms with E-state index < -0.39 is 33.1 Å². The first-order valence-electron chi connectivity index (χ1n) is 7.61. The van der Waals surface area contributed by atoms with Gasteiger partial charge in [-0.05, 0) is 46.8 Å². The van der Waals surface area contributed by atoms with Crippen LogP contribution in [0, 0.1) is 6.92 Å². The fraction of sp³-hybridized carbons (Fsp3) is 0.529. The van der Waals surface area contributed by atoms with Gasteiger partial charge in [0.25, 0.3) is 10.1 Å². The SMILES string of the molecule is CCC(=O)C(C)(OS(=O)(=O)c1ccc(C)cc1)C(=O)OC(C)(C)C. The first-order chi connectivity index (χ1) is 10.8. The van der Waals surface area contributed by atoms with E-state index in [0.717, 1.165) is 12.5 Å². The molecule has 6 nitrogen and oxygen atoms in total. The summed E-state index contributed by atoms with van der Waals surface area (Å²) in [5.74, 6) is -1.70. The topological polar surface area (TPSA) is 86.7 Å². The van der Waals surface area contributed by atoms with E-state index in [1.807, 2.05) is 6.92 Å². The van der Waals surface area contributed by atoms with Crippen molar-refractivity contribution in [2.24, 2.45) is 0 Å². The first kappa shape index (κ1) is 20.3. The minimum atomic E-state index is -4.31. The van der Waals surface area contributed by atoms with E-state index >= 15 is 0 Å². The normalized spacial score (nSPS) is 14.8. The summed E-state index contributed by atoms with van der Waals surface area (Å²) >= 11 is 0. The molecular weight excluding hydrogens is 332 g/mol. The Labute approximate surface area is 143 Å². The van der Waals surface area contributed by atoms with Crippen LogP contribution in [0.4, 0.5) is 0 Å². The van der Waals surface area contributed by atoms with Crippen LogP contribution in [0.2, 0.25) is 0 Å². The van der Waals surface area contributed by atoms with Gasteiger partial charge in [-0.1, -0.05) is 24.6 Å². The van der Waals surface area contributed by atoms with Crippen LogP contribution in [0.15, 0.2) is 29.2 Å². The van der Waals surface area contributed by atoms with Gasteiger partial charge in [-0.15, -0.1) is 0 Å². The first-order valence-corrected chi connectivity index (χ1v) is 9.02. The summed E-state index contributed by atoms with van der Waals surface area (Å²) in [6, 6.07) is 5.92. The van der Waals surface area contributed by atoms with Crippen molar-refractivity contribution in [2.75, 3.05) is 0 Å². The van der Waals surface area contributed by atoms with Gasteiger partial charge in [0.05, 0.1) is 4.90 Å². The lowest BCUT2D eigenvalue weighted by molar-refractivity contribution is -0.175. The van der Waals surface area contributed by atoms with Crippen LogP contribution >= 0.6 is 0 Å². The molecule has 0 saturated heterocycles. The lowest BCUT2D eigenvalue weighted by atomic mass is 9.99. The maximum absolute atomic E-state index is 12.5. The van der Waals surface area contributed by atoms with Crippen LogP contribution in [0.5, 0.6) is 0 Å². The standard InChI is InChI=1S/C17H24O6S/c1-7-14(18)17(6,15(19)22-16(3,4)5)23-24(20,21)13-10-8-12(2)9-11-13/h8-11H,7H2,1-6H3. The highest BCUT2D eigenvalue weighted by Crippen LogP contribution is 2.26. The van der Waals surface area contributed by atoms with Gasteiger partial charge in [0, 0.05) is 6.42 Å². The number of esters is 1. The lowest BCUT2D eigenvalue weighted by Gasteiger charge is -2.29. The molecule has 0 N–H and O–H groups in total. The zero-order chi connectivity index (χ0) is 18.8. The number of hydrogen-bond donors (Lipinski definition) is 0. The second-order valence-corrected chi connectivity index (χ2v) is 8.21. The highest BCUT2D eigenvalue weighted by Gasteiger charge is 2.48. The van der Waals surface area contributed by atoms with Gasteiger partial charge in [-0.3, -0.25) is 4.79 Å². The zero-order valence-electron chi connectivity index (χ0n) is 14.9. The van der Waals surface area contributed by atoms with E-state index in [1.165, 1.54) is 19.1 Å². The Kier molecular flexibility index (Phi) is 5.95. The molecule has 0 amide bonds. The second kappa shape index (κ2) is 7.03. The summed E-state index contributed by atoms with van der Waals surface area (Å²) in [7, 11) is -4.31. The molecular formula is C17H24O6S. The molecule has 1 aromatic rings. The third kappa shape index (κ3) is 4.88. The number of carbonyl (C=O) groups is 2. The van der Waals surface area contributed by atoms with Crippen molar-refractivity contribution >= 4 is 21.9 Å². The van der Waals surface area contributed by atoms with Crippen molar-refractivity contribution in [3.8, 4) is 0 Å². The smallest absolute Gasteiger partial charge is 0.348 e. The number of rotatable bonds is 6. The van der Waals surface area contributed by atoms with Gasteiger partial charge in [0.2, 0.25) is 5.60 Å². The van der Waals surface area contributed by atoms with Crippen molar-refractivity contribution in [3.05, 3.63) is 29.8 Å². The molecule has 1 unspecified atom stereocenters. The van der Waals surface area contributed by atoms with E-state index in [9.17, 15) is 18.0 Å². The van der Waals surface area contributed by atoms with Crippen LogP contribution in [0.1, 0.15) is 46.6 Å². The molecule has 0 radical (unpaired) electrons. The Morgan fingerprint density at radius 2 is 1.54 bits per heavy atom. The van der Waals surface area contributed by atoms with Crippen molar-refractivity contribution in [3.63, 3.8) is 0 Å². The third-order valence-corrected chi connectivity index (χ3v) is 4.63. The third-order valence-electron chi connectivity index (χ3n) is 3.23. The van der Waals surface area contributed by atoms with Gasteiger partial charge < -0.3 is 4.74 Å². The molecule has 0 bridgehead atoms. The fourth-order valence-electron chi connectivity index (χ4n) is 1.88. The average molecular weight is 356 g/mol. The van der Waals surface area contributed by atoms with Gasteiger partial charge in [0.1, 0.15) is 5.60 Å². The number of hydrogen-bond acceptors (Lipinski definition) is 6. The maximum atomic E-state index is 12.5. The summed E-state index contributed by atoms with van der Waals surface area (Å²) in [5, 5.41) is 0. The average Bonchev–Trinajstić information content (AvgIpc) is 2.44. The number of ketones is 1. The minimum Gasteiger partial charge on any atom is -0.457 e. The van der Waals surface area contributed by atoms with E-state index in [0.29, 0.717) is 0 Å². The predicted molar refractivity (Wildman–Crippen MR) is 89.0 cm³/mol. The second-order valence-electron chi connectivity index (χ2n) is 6.66. The molecule has 134 valence electrons. The Hall–Kier alpha value is -1.73.